The Labute approximate surface area is 106 Å². The molecule has 0 aliphatic carbocycles. The molecule has 1 aliphatic heterocycles. The smallest absolute Gasteiger partial charge is 0.378 e. The van der Waals surface area contributed by atoms with Crippen molar-refractivity contribution in [3.63, 3.8) is 0 Å². The maximum Gasteiger partial charge on any atom is 0.433 e. The lowest BCUT2D eigenvalue weighted by molar-refractivity contribution is -0.142. The Morgan fingerprint density at radius 2 is 1.95 bits per heavy atom. The van der Waals surface area contributed by atoms with Crippen molar-refractivity contribution in [3.05, 3.63) is 24.0 Å². The van der Waals surface area contributed by atoms with E-state index < -0.39 is 11.9 Å². The Kier molecular flexibility index (Phi) is 2.81. The maximum atomic E-state index is 13.0. The van der Waals surface area contributed by atoms with Gasteiger partial charge in [-0.2, -0.15) is 18.3 Å². The van der Waals surface area contributed by atoms with Gasteiger partial charge in [0.25, 0.3) is 0 Å². The molecule has 0 saturated carbocycles. The van der Waals surface area contributed by atoms with Gasteiger partial charge in [0.15, 0.2) is 11.3 Å². The molecule has 0 aromatic carbocycles. The maximum absolute atomic E-state index is 13.0. The van der Waals surface area contributed by atoms with Crippen molar-refractivity contribution in [2.45, 2.75) is 6.18 Å². The van der Waals surface area contributed by atoms with E-state index in [0.29, 0.717) is 32.1 Å². The van der Waals surface area contributed by atoms with Crippen LogP contribution in [0, 0.1) is 0 Å². The van der Waals surface area contributed by atoms with Gasteiger partial charge < -0.3 is 9.64 Å². The van der Waals surface area contributed by atoms with Crippen molar-refractivity contribution in [1.29, 1.82) is 0 Å². The molecule has 0 spiro atoms. The van der Waals surface area contributed by atoms with E-state index in [9.17, 15) is 13.2 Å². The van der Waals surface area contributed by atoms with E-state index in [1.165, 1.54) is 12.3 Å². The molecule has 3 rings (SSSR count). The lowest BCUT2D eigenvalue weighted by Crippen LogP contribution is -2.37. The standard InChI is InChI=1S/C11H11F3N4O/c12-11(13,14)8-7-10(17-3-5-19-6-4-17)16-9-1-2-15-18(8)9/h1-2,7H,3-6H2. The third-order valence-electron chi connectivity index (χ3n) is 2.97. The fourth-order valence-corrected chi connectivity index (χ4v) is 2.06. The monoisotopic (exact) mass is 272 g/mol. The molecule has 0 amide bonds. The second-order valence-electron chi connectivity index (χ2n) is 4.20. The van der Waals surface area contributed by atoms with E-state index in [2.05, 4.69) is 10.1 Å². The van der Waals surface area contributed by atoms with E-state index in [4.69, 9.17) is 4.74 Å². The third kappa shape index (κ3) is 2.23. The highest BCUT2D eigenvalue weighted by molar-refractivity contribution is 5.50. The highest BCUT2D eigenvalue weighted by Crippen LogP contribution is 2.31. The van der Waals surface area contributed by atoms with Crippen LogP contribution in [0.2, 0.25) is 0 Å². The summed E-state index contributed by atoms with van der Waals surface area (Å²) in [7, 11) is 0. The van der Waals surface area contributed by atoms with Crippen LogP contribution in [-0.4, -0.2) is 40.9 Å². The number of fused-ring (bicyclic) bond motifs is 1. The molecule has 8 heteroatoms. The van der Waals surface area contributed by atoms with Crippen molar-refractivity contribution in [2.24, 2.45) is 0 Å². The van der Waals surface area contributed by atoms with Gasteiger partial charge in [0.05, 0.1) is 19.4 Å². The van der Waals surface area contributed by atoms with E-state index in [-0.39, 0.29) is 5.65 Å². The van der Waals surface area contributed by atoms with Gasteiger partial charge in [0, 0.05) is 25.2 Å². The molecular formula is C11H11F3N4O. The first-order chi connectivity index (χ1) is 9.05. The highest BCUT2D eigenvalue weighted by atomic mass is 19.4. The van der Waals surface area contributed by atoms with Gasteiger partial charge in [-0.15, -0.1) is 0 Å². The quantitative estimate of drug-likeness (QED) is 0.790. The van der Waals surface area contributed by atoms with Crippen molar-refractivity contribution < 1.29 is 17.9 Å². The molecule has 0 radical (unpaired) electrons. The van der Waals surface area contributed by atoms with Gasteiger partial charge in [-0.1, -0.05) is 0 Å². The minimum absolute atomic E-state index is 0.191. The van der Waals surface area contributed by atoms with Crippen LogP contribution in [0.1, 0.15) is 5.69 Å². The van der Waals surface area contributed by atoms with Crippen LogP contribution in [0.4, 0.5) is 19.0 Å². The van der Waals surface area contributed by atoms with E-state index in [1.54, 1.807) is 4.90 Å². The van der Waals surface area contributed by atoms with Crippen LogP contribution in [0.5, 0.6) is 0 Å². The molecular weight excluding hydrogens is 261 g/mol. The number of rotatable bonds is 1. The van der Waals surface area contributed by atoms with Gasteiger partial charge in [-0.3, -0.25) is 0 Å². The molecule has 0 bridgehead atoms. The number of hydrogen-bond donors (Lipinski definition) is 0. The molecule has 1 aliphatic rings. The average Bonchev–Trinajstić information content (AvgIpc) is 2.85. The fraction of sp³-hybridized carbons (Fsp3) is 0.455. The molecule has 3 heterocycles. The first-order valence-electron chi connectivity index (χ1n) is 5.80. The largest absolute Gasteiger partial charge is 0.433 e. The van der Waals surface area contributed by atoms with E-state index in [0.717, 1.165) is 10.6 Å². The van der Waals surface area contributed by atoms with Crippen molar-refractivity contribution >= 4 is 11.5 Å². The number of aromatic nitrogens is 3. The first-order valence-corrected chi connectivity index (χ1v) is 5.80. The Balaban J connectivity index is 2.10. The Morgan fingerprint density at radius 1 is 1.21 bits per heavy atom. The normalized spacial score (nSPS) is 17.1. The molecule has 2 aromatic rings. The van der Waals surface area contributed by atoms with Crippen LogP contribution >= 0.6 is 0 Å². The lowest BCUT2D eigenvalue weighted by atomic mass is 10.3. The minimum Gasteiger partial charge on any atom is -0.378 e. The number of alkyl halides is 3. The molecule has 0 N–H and O–H groups in total. The Hall–Kier alpha value is -1.83. The highest BCUT2D eigenvalue weighted by Gasteiger charge is 2.35. The Bertz CT molecular complexity index is 589. The molecule has 0 atom stereocenters. The molecule has 2 aromatic heterocycles. The number of ether oxygens (including phenoxy) is 1. The second-order valence-corrected chi connectivity index (χ2v) is 4.20. The number of hydrogen-bond acceptors (Lipinski definition) is 4. The van der Waals surface area contributed by atoms with Gasteiger partial charge in [-0.25, -0.2) is 9.50 Å². The number of anilines is 1. The van der Waals surface area contributed by atoms with Crippen molar-refractivity contribution in [1.82, 2.24) is 14.6 Å². The summed E-state index contributed by atoms with van der Waals surface area (Å²) in [5, 5.41) is 3.66. The van der Waals surface area contributed by atoms with Crippen molar-refractivity contribution in [3.8, 4) is 0 Å². The van der Waals surface area contributed by atoms with Gasteiger partial charge in [-0.05, 0) is 0 Å². The predicted molar refractivity (Wildman–Crippen MR) is 61.0 cm³/mol. The van der Waals surface area contributed by atoms with Gasteiger partial charge >= 0.3 is 6.18 Å². The molecule has 102 valence electrons. The summed E-state index contributed by atoms with van der Waals surface area (Å²) < 4.78 is 45.0. The predicted octanol–water partition coefficient (Wildman–Crippen LogP) is 1.58. The molecule has 5 nitrogen and oxygen atoms in total. The van der Waals surface area contributed by atoms with Crippen LogP contribution in [0.25, 0.3) is 5.65 Å². The van der Waals surface area contributed by atoms with E-state index in [1.807, 2.05) is 0 Å². The number of nitrogens with zero attached hydrogens (tertiary/aromatic N) is 4. The van der Waals surface area contributed by atoms with Crippen LogP contribution in [-0.2, 0) is 10.9 Å². The van der Waals surface area contributed by atoms with Crippen LogP contribution < -0.4 is 4.90 Å². The Morgan fingerprint density at radius 3 is 2.63 bits per heavy atom. The molecule has 1 fully saturated rings. The average molecular weight is 272 g/mol. The molecule has 0 unspecified atom stereocenters. The second kappa shape index (κ2) is 4.37. The van der Waals surface area contributed by atoms with Crippen LogP contribution in [0.3, 0.4) is 0 Å². The SMILES string of the molecule is FC(F)(F)c1cc(N2CCOCC2)nc2ccnn12. The first kappa shape index (κ1) is 12.2. The summed E-state index contributed by atoms with van der Waals surface area (Å²) in [6.45, 7) is 2.06. The number of halogens is 3. The van der Waals surface area contributed by atoms with E-state index >= 15 is 0 Å². The zero-order valence-corrected chi connectivity index (χ0v) is 9.89. The summed E-state index contributed by atoms with van der Waals surface area (Å²) in [5.41, 5.74) is -0.625. The topological polar surface area (TPSA) is 42.7 Å². The lowest BCUT2D eigenvalue weighted by Gasteiger charge is -2.28. The summed E-state index contributed by atoms with van der Waals surface area (Å²) in [5.74, 6) is 0.309. The van der Waals surface area contributed by atoms with Crippen LogP contribution in [0.15, 0.2) is 18.3 Å². The van der Waals surface area contributed by atoms with Crippen molar-refractivity contribution in [2.75, 3.05) is 31.2 Å². The third-order valence-corrected chi connectivity index (χ3v) is 2.97. The molecule has 1 saturated heterocycles. The van der Waals surface area contributed by atoms with Gasteiger partial charge in [0.1, 0.15) is 5.82 Å². The zero-order valence-electron chi connectivity index (χ0n) is 9.89. The zero-order chi connectivity index (χ0) is 13.5. The summed E-state index contributed by atoms with van der Waals surface area (Å²) >= 11 is 0. The summed E-state index contributed by atoms with van der Waals surface area (Å²) in [6, 6.07) is 2.49. The summed E-state index contributed by atoms with van der Waals surface area (Å²) in [6.07, 6.45) is -3.16. The van der Waals surface area contributed by atoms with Gasteiger partial charge in [0.2, 0.25) is 0 Å². The fourth-order valence-electron chi connectivity index (χ4n) is 2.06. The molecule has 19 heavy (non-hydrogen) atoms. The summed E-state index contributed by atoms with van der Waals surface area (Å²) in [4.78, 5) is 5.99. The number of morpholine rings is 1. The minimum atomic E-state index is -4.46.